The van der Waals surface area contributed by atoms with Gasteiger partial charge in [0.1, 0.15) is 0 Å². The van der Waals surface area contributed by atoms with E-state index in [1.54, 1.807) is 0 Å². The third kappa shape index (κ3) is 2.88. The second kappa shape index (κ2) is 5.35. The molecule has 0 aliphatic heterocycles. The highest BCUT2D eigenvalue weighted by molar-refractivity contribution is 7.05. The zero-order valence-corrected chi connectivity index (χ0v) is 10.8. The average Bonchev–Trinajstić information content (AvgIpc) is 2.75. The Morgan fingerprint density at radius 1 is 1.29 bits per heavy atom. The van der Waals surface area contributed by atoms with Crippen molar-refractivity contribution in [1.82, 2.24) is 15.0 Å². The molecular formula is C12H16N4S. The first kappa shape index (κ1) is 12.2. The smallest absolute Gasteiger partial charge is 0.0773 e. The van der Waals surface area contributed by atoms with Gasteiger partial charge in [0, 0.05) is 0 Å². The van der Waals surface area contributed by atoms with Crippen molar-refractivity contribution in [2.45, 2.75) is 26.3 Å². The highest BCUT2D eigenvalue weighted by Gasteiger charge is 2.16. The van der Waals surface area contributed by atoms with E-state index in [1.807, 2.05) is 6.92 Å². The van der Waals surface area contributed by atoms with Gasteiger partial charge in [-0.3, -0.25) is 11.3 Å². The second-order valence-electron chi connectivity index (χ2n) is 4.13. The number of hydrazine groups is 1. The van der Waals surface area contributed by atoms with Crippen LogP contribution < -0.4 is 11.3 Å². The maximum Gasteiger partial charge on any atom is 0.0773 e. The van der Waals surface area contributed by atoms with Crippen molar-refractivity contribution in [2.24, 2.45) is 5.84 Å². The molecule has 0 radical (unpaired) electrons. The number of rotatable bonds is 4. The van der Waals surface area contributed by atoms with E-state index in [0.29, 0.717) is 0 Å². The van der Waals surface area contributed by atoms with Crippen LogP contribution in [0.25, 0.3) is 0 Å². The summed E-state index contributed by atoms with van der Waals surface area (Å²) in [7, 11) is 0. The molecule has 1 aromatic carbocycles. The number of nitrogens with two attached hydrogens (primary N) is 1. The molecule has 5 heteroatoms. The summed E-state index contributed by atoms with van der Waals surface area (Å²) < 4.78 is 3.94. The van der Waals surface area contributed by atoms with E-state index in [1.165, 1.54) is 22.7 Å². The SMILES string of the molecule is Cc1ccc(CC(NN)c2snnc2C)cc1. The van der Waals surface area contributed by atoms with Crippen LogP contribution in [0, 0.1) is 13.8 Å². The van der Waals surface area contributed by atoms with Gasteiger partial charge >= 0.3 is 0 Å². The summed E-state index contributed by atoms with van der Waals surface area (Å²) in [5.41, 5.74) is 6.31. The van der Waals surface area contributed by atoms with E-state index in [2.05, 4.69) is 46.2 Å². The van der Waals surface area contributed by atoms with Crippen molar-refractivity contribution < 1.29 is 0 Å². The quantitative estimate of drug-likeness (QED) is 0.641. The third-order valence-corrected chi connectivity index (χ3v) is 3.70. The van der Waals surface area contributed by atoms with Crippen molar-refractivity contribution in [3.05, 3.63) is 46.0 Å². The van der Waals surface area contributed by atoms with E-state index in [9.17, 15) is 0 Å². The molecule has 4 nitrogen and oxygen atoms in total. The van der Waals surface area contributed by atoms with Gasteiger partial charge in [0.15, 0.2) is 0 Å². The Bertz CT molecular complexity index is 478. The highest BCUT2D eigenvalue weighted by Crippen LogP contribution is 2.23. The lowest BCUT2D eigenvalue weighted by Gasteiger charge is -2.14. The summed E-state index contributed by atoms with van der Waals surface area (Å²) >= 11 is 1.40. The van der Waals surface area contributed by atoms with E-state index in [-0.39, 0.29) is 6.04 Å². The third-order valence-electron chi connectivity index (χ3n) is 2.76. The summed E-state index contributed by atoms with van der Waals surface area (Å²) in [6.45, 7) is 4.04. The molecule has 17 heavy (non-hydrogen) atoms. The van der Waals surface area contributed by atoms with Crippen LogP contribution in [0.3, 0.4) is 0 Å². The molecule has 0 bridgehead atoms. The molecule has 0 amide bonds. The molecule has 0 aliphatic carbocycles. The molecule has 0 aliphatic rings. The Kier molecular flexibility index (Phi) is 3.83. The molecule has 1 aromatic heterocycles. The summed E-state index contributed by atoms with van der Waals surface area (Å²) in [5, 5.41) is 4.01. The van der Waals surface area contributed by atoms with Crippen molar-refractivity contribution in [3.8, 4) is 0 Å². The van der Waals surface area contributed by atoms with Crippen LogP contribution >= 0.6 is 11.5 Å². The van der Waals surface area contributed by atoms with Gasteiger partial charge in [-0.1, -0.05) is 34.3 Å². The number of hydrogen-bond donors (Lipinski definition) is 2. The predicted molar refractivity (Wildman–Crippen MR) is 69.6 cm³/mol. The molecule has 1 heterocycles. The zero-order chi connectivity index (χ0) is 12.3. The standard InChI is InChI=1S/C12H16N4S/c1-8-3-5-10(6-4-8)7-11(14-13)12-9(2)15-16-17-12/h3-6,11,14H,7,13H2,1-2H3. The summed E-state index contributed by atoms with van der Waals surface area (Å²) in [4.78, 5) is 1.10. The van der Waals surface area contributed by atoms with Gasteiger partial charge < -0.3 is 0 Å². The summed E-state index contributed by atoms with van der Waals surface area (Å²) in [5.74, 6) is 5.61. The minimum atomic E-state index is 0.0812. The Balaban J connectivity index is 2.16. The summed E-state index contributed by atoms with van der Waals surface area (Å²) in [6.07, 6.45) is 0.849. The first-order valence-corrected chi connectivity index (χ1v) is 6.28. The summed E-state index contributed by atoms with van der Waals surface area (Å²) in [6, 6.07) is 8.56. The average molecular weight is 248 g/mol. The largest absolute Gasteiger partial charge is 0.271 e. The van der Waals surface area contributed by atoms with Crippen LogP contribution in [0.2, 0.25) is 0 Å². The fourth-order valence-corrected chi connectivity index (χ4v) is 2.45. The van der Waals surface area contributed by atoms with Gasteiger partial charge in [-0.05, 0) is 37.4 Å². The number of nitrogens with one attached hydrogen (secondary N) is 1. The van der Waals surface area contributed by atoms with E-state index in [4.69, 9.17) is 5.84 Å². The lowest BCUT2D eigenvalue weighted by atomic mass is 10.0. The van der Waals surface area contributed by atoms with Crippen LogP contribution in [0.4, 0.5) is 0 Å². The minimum Gasteiger partial charge on any atom is -0.271 e. The Hall–Kier alpha value is -1.30. The topological polar surface area (TPSA) is 63.8 Å². The second-order valence-corrected chi connectivity index (χ2v) is 4.92. The van der Waals surface area contributed by atoms with Gasteiger partial charge in [0.25, 0.3) is 0 Å². The highest BCUT2D eigenvalue weighted by atomic mass is 32.1. The maximum absolute atomic E-state index is 5.61. The fraction of sp³-hybridized carbons (Fsp3) is 0.333. The molecule has 1 unspecified atom stereocenters. The number of aryl methyl sites for hydroxylation is 2. The minimum absolute atomic E-state index is 0.0812. The Labute approximate surface area is 105 Å². The van der Waals surface area contributed by atoms with Crippen LogP contribution in [0.15, 0.2) is 24.3 Å². The van der Waals surface area contributed by atoms with Gasteiger partial charge in [0.05, 0.1) is 16.6 Å². The maximum atomic E-state index is 5.61. The van der Waals surface area contributed by atoms with Crippen molar-refractivity contribution >= 4 is 11.5 Å². The lowest BCUT2D eigenvalue weighted by Crippen LogP contribution is -2.29. The molecule has 0 fully saturated rings. The number of aromatic nitrogens is 2. The van der Waals surface area contributed by atoms with Gasteiger partial charge in [0.2, 0.25) is 0 Å². The van der Waals surface area contributed by atoms with Crippen LogP contribution in [-0.4, -0.2) is 9.59 Å². The molecule has 3 N–H and O–H groups in total. The molecular weight excluding hydrogens is 232 g/mol. The first-order chi connectivity index (χ1) is 8.20. The van der Waals surface area contributed by atoms with Gasteiger partial charge in [-0.15, -0.1) is 5.10 Å². The van der Waals surface area contributed by atoms with Crippen LogP contribution in [0.1, 0.15) is 27.7 Å². The van der Waals surface area contributed by atoms with Gasteiger partial charge in [-0.25, -0.2) is 0 Å². The van der Waals surface area contributed by atoms with E-state index >= 15 is 0 Å². The van der Waals surface area contributed by atoms with Gasteiger partial charge in [-0.2, -0.15) is 0 Å². The number of hydrogen-bond acceptors (Lipinski definition) is 5. The lowest BCUT2D eigenvalue weighted by molar-refractivity contribution is 0.557. The van der Waals surface area contributed by atoms with Crippen molar-refractivity contribution in [1.29, 1.82) is 0 Å². The Morgan fingerprint density at radius 2 is 2.00 bits per heavy atom. The Morgan fingerprint density at radius 3 is 2.53 bits per heavy atom. The molecule has 0 saturated heterocycles. The van der Waals surface area contributed by atoms with Crippen LogP contribution in [0.5, 0.6) is 0 Å². The van der Waals surface area contributed by atoms with E-state index in [0.717, 1.165) is 17.0 Å². The predicted octanol–water partition coefficient (Wildman–Crippen LogP) is 1.90. The normalized spacial score (nSPS) is 12.6. The fourth-order valence-electron chi connectivity index (χ4n) is 1.74. The molecule has 0 spiro atoms. The molecule has 90 valence electrons. The van der Waals surface area contributed by atoms with Crippen molar-refractivity contribution in [3.63, 3.8) is 0 Å². The monoisotopic (exact) mass is 248 g/mol. The van der Waals surface area contributed by atoms with Crippen molar-refractivity contribution in [2.75, 3.05) is 0 Å². The van der Waals surface area contributed by atoms with Crippen LogP contribution in [-0.2, 0) is 6.42 Å². The molecule has 1 atom stereocenters. The molecule has 0 saturated carbocycles. The van der Waals surface area contributed by atoms with E-state index < -0.39 is 0 Å². The first-order valence-electron chi connectivity index (χ1n) is 5.51. The molecule has 2 rings (SSSR count). The number of nitrogens with zero attached hydrogens (tertiary/aromatic N) is 2. The number of benzene rings is 1. The zero-order valence-electron chi connectivity index (χ0n) is 9.97. The molecule has 2 aromatic rings.